The van der Waals surface area contributed by atoms with Crippen LogP contribution in [0.3, 0.4) is 0 Å². The number of aromatic nitrogens is 2. The van der Waals surface area contributed by atoms with E-state index >= 15 is 0 Å². The summed E-state index contributed by atoms with van der Waals surface area (Å²) in [5, 5.41) is 8.52. The van der Waals surface area contributed by atoms with Crippen molar-refractivity contribution in [1.29, 1.82) is 0 Å². The average molecular weight is 539 g/mol. The first kappa shape index (κ1) is 25.7. The van der Waals surface area contributed by atoms with Gasteiger partial charge in [0.25, 0.3) is 5.91 Å². The van der Waals surface area contributed by atoms with Gasteiger partial charge >= 0.3 is 0 Å². The Kier molecular flexibility index (Phi) is 7.28. The van der Waals surface area contributed by atoms with Crippen LogP contribution in [0.5, 0.6) is 0 Å². The second kappa shape index (κ2) is 10.8. The van der Waals surface area contributed by atoms with E-state index < -0.39 is 5.91 Å². The number of likely N-dealkylation sites (tertiary alicyclic amines) is 1. The van der Waals surface area contributed by atoms with Crippen molar-refractivity contribution >= 4 is 63.7 Å². The summed E-state index contributed by atoms with van der Waals surface area (Å²) < 4.78 is 5.80. The van der Waals surface area contributed by atoms with Gasteiger partial charge in [0, 0.05) is 38.0 Å². The lowest BCUT2D eigenvalue weighted by atomic mass is 9.84. The molecule has 1 aliphatic heterocycles. The summed E-state index contributed by atoms with van der Waals surface area (Å²) in [5.74, 6) is -0.951. The molecule has 38 heavy (non-hydrogen) atoms. The van der Waals surface area contributed by atoms with Crippen LogP contribution >= 0.6 is 11.6 Å². The summed E-state index contributed by atoms with van der Waals surface area (Å²) in [6.07, 6.45) is 5.61. The lowest BCUT2D eigenvalue weighted by molar-refractivity contribution is -0.130. The van der Waals surface area contributed by atoms with Crippen molar-refractivity contribution < 1.29 is 23.6 Å². The highest BCUT2D eigenvalue weighted by Crippen LogP contribution is 2.34. The van der Waals surface area contributed by atoms with Gasteiger partial charge in [-0.3, -0.25) is 19.2 Å². The summed E-state index contributed by atoms with van der Waals surface area (Å²) in [7, 11) is 0. The number of carbonyl (C=O) groups excluding carboxylic acids is 4. The number of halogens is 1. The summed E-state index contributed by atoms with van der Waals surface area (Å²) >= 11 is 5.88. The van der Waals surface area contributed by atoms with Crippen molar-refractivity contribution in [2.24, 2.45) is 5.92 Å². The molecular weight excluding hydrogens is 512 g/mol. The first-order chi connectivity index (χ1) is 18.3. The molecule has 0 radical (unpaired) electrons. The highest BCUT2D eigenvalue weighted by molar-refractivity contribution is 6.30. The molecule has 2 aliphatic rings. The van der Waals surface area contributed by atoms with E-state index in [1.165, 1.54) is 19.2 Å². The van der Waals surface area contributed by atoms with Gasteiger partial charge in [-0.05, 0) is 56.4 Å². The number of fused-ring (bicyclic) bond motifs is 1. The van der Waals surface area contributed by atoms with Crippen molar-refractivity contribution in [3.63, 3.8) is 0 Å². The van der Waals surface area contributed by atoms with Gasteiger partial charge in [-0.2, -0.15) is 0 Å². The molecule has 4 heterocycles. The molecule has 0 bridgehead atoms. The Morgan fingerprint density at radius 1 is 1.03 bits per heavy atom. The number of carbonyl (C=O) groups is 4. The minimum Gasteiger partial charge on any atom is -0.447 e. The molecular formula is C26H27ClN6O5. The number of pyridine rings is 2. The third-order valence-corrected chi connectivity index (χ3v) is 7.10. The molecule has 11 nitrogen and oxygen atoms in total. The van der Waals surface area contributed by atoms with Gasteiger partial charge in [0.05, 0.1) is 5.02 Å². The predicted molar refractivity (Wildman–Crippen MR) is 141 cm³/mol. The average Bonchev–Trinajstić information content (AvgIpc) is 3.48. The second-order valence-corrected chi connectivity index (χ2v) is 9.97. The SMILES string of the molecule is CC(=O)Nc1ccc2oc(C(=O)Nc3ccc(Cl)cn3)c(NC(=O)[C@H]3CC[C@H](N4CCCC4=O)CC3)c2n1. The van der Waals surface area contributed by atoms with E-state index in [4.69, 9.17) is 16.0 Å². The monoisotopic (exact) mass is 538 g/mol. The van der Waals surface area contributed by atoms with Crippen molar-refractivity contribution in [3.8, 4) is 0 Å². The highest BCUT2D eigenvalue weighted by Gasteiger charge is 2.34. The molecule has 5 rings (SSSR count). The number of hydrogen-bond donors (Lipinski definition) is 3. The van der Waals surface area contributed by atoms with Crippen LogP contribution in [-0.2, 0) is 14.4 Å². The zero-order valence-corrected chi connectivity index (χ0v) is 21.5. The van der Waals surface area contributed by atoms with Crippen molar-refractivity contribution in [2.45, 2.75) is 51.5 Å². The lowest BCUT2D eigenvalue weighted by Gasteiger charge is -2.34. The van der Waals surface area contributed by atoms with Crippen molar-refractivity contribution in [3.05, 3.63) is 41.2 Å². The Morgan fingerprint density at radius 2 is 1.79 bits per heavy atom. The van der Waals surface area contributed by atoms with Gasteiger partial charge in [-0.1, -0.05) is 11.6 Å². The molecule has 0 atom stereocenters. The largest absolute Gasteiger partial charge is 0.447 e. The maximum Gasteiger partial charge on any atom is 0.294 e. The third kappa shape index (κ3) is 5.47. The van der Waals surface area contributed by atoms with Gasteiger partial charge in [0.2, 0.25) is 23.5 Å². The third-order valence-electron chi connectivity index (χ3n) is 6.88. The van der Waals surface area contributed by atoms with Gasteiger partial charge in [-0.15, -0.1) is 0 Å². The number of nitrogens with one attached hydrogen (secondary N) is 3. The normalized spacial score (nSPS) is 19.4. The molecule has 4 amide bonds. The van der Waals surface area contributed by atoms with Crippen LogP contribution < -0.4 is 16.0 Å². The van der Waals surface area contributed by atoms with E-state index in [0.717, 1.165) is 25.8 Å². The topological polar surface area (TPSA) is 147 Å². The van der Waals surface area contributed by atoms with E-state index in [9.17, 15) is 19.2 Å². The molecule has 0 unspecified atom stereocenters. The number of amides is 4. The number of rotatable bonds is 6. The predicted octanol–water partition coefficient (Wildman–Crippen LogP) is 4.21. The van der Waals surface area contributed by atoms with E-state index in [1.54, 1.807) is 18.2 Å². The first-order valence-electron chi connectivity index (χ1n) is 12.5. The summed E-state index contributed by atoms with van der Waals surface area (Å²) in [5.41, 5.74) is 0.607. The molecule has 1 saturated carbocycles. The van der Waals surface area contributed by atoms with Gasteiger partial charge < -0.3 is 25.3 Å². The van der Waals surface area contributed by atoms with Crippen LogP contribution in [0.4, 0.5) is 17.3 Å². The molecule has 3 aromatic heterocycles. The molecule has 2 fully saturated rings. The van der Waals surface area contributed by atoms with E-state index in [1.807, 2.05) is 4.90 Å². The fourth-order valence-electron chi connectivity index (χ4n) is 5.06. The quantitative estimate of drug-likeness (QED) is 0.426. The minimum absolute atomic E-state index is 0.112. The number of nitrogens with zero attached hydrogens (tertiary/aromatic N) is 3. The summed E-state index contributed by atoms with van der Waals surface area (Å²) in [4.78, 5) is 60.6. The van der Waals surface area contributed by atoms with E-state index in [0.29, 0.717) is 24.3 Å². The molecule has 3 aromatic rings. The van der Waals surface area contributed by atoms with Crippen molar-refractivity contribution in [2.75, 3.05) is 22.5 Å². The molecule has 3 N–H and O–H groups in total. The Hall–Kier alpha value is -3.99. The number of furan rings is 1. The first-order valence-corrected chi connectivity index (χ1v) is 12.9. The minimum atomic E-state index is -0.634. The molecule has 1 saturated heterocycles. The number of hydrogen-bond acceptors (Lipinski definition) is 7. The Morgan fingerprint density at radius 3 is 2.45 bits per heavy atom. The van der Waals surface area contributed by atoms with Crippen LogP contribution in [0.1, 0.15) is 56.0 Å². The van der Waals surface area contributed by atoms with E-state index in [-0.39, 0.29) is 63.9 Å². The Balaban J connectivity index is 1.38. The smallest absolute Gasteiger partial charge is 0.294 e. The maximum atomic E-state index is 13.3. The van der Waals surface area contributed by atoms with Crippen LogP contribution in [0.15, 0.2) is 34.9 Å². The fraction of sp³-hybridized carbons (Fsp3) is 0.385. The lowest BCUT2D eigenvalue weighted by Crippen LogP contribution is -2.40. The molecule has 0 aromatic carbocycles. The van der Waals surface area contributed by atoms with Gasteiger partial charge in [0.1, 0.15) is 22.8 Å². The van der Waals surface area contributed by atoms with E-state index in [2.05, 4.69) is 25.9 Å². The highest BCUT2D eigenvalue weighted by atomic mass is 35.5. The fourth-order valence-corrected chi connectivity index (χ4v) is 5.17. The van der Waals surface area contributed by atoms with Crippen LogP contribution in [-0.4, -0.2) is 51.1 Å². The van der Waals surface area contributed by atoms with Crippen molar-refractivity contribution in [1.82, 2.24) is 14.9 Å². The van der Waals surface area contributed by atoms with Crippen LogP contribution in [0.2, 0.25) is 5.02 Å². The van der Waals surface area contributed by atoms with Gasteiger partial charge in [0.15, 0.2) is 5.58 Å². The van der Waals surface area contributed by atoms with Crippen LogP contribution in [0.25, 0.3) is 11.1 Å². The Labute approximate surface area is 223 Å². The zero-order chi connectivity index (χ0) is 26.8. The number of anilines is 3. The summed E-state index contributed by atoms with van der Waals surface area (Å²) in [6, 6.07) is 6.40. The Bertz CT molecular complexity index is 1400. The molecule has 1 aliphatic carbocycles. The second-order valence-electron chi connectivity index (χ2n) is 9.53. The van der Waals surface area contributed by atoms with Gasteiger partial charge in [-0.25, -0.2) is 9.97 Å². The molecule has 198 valence electrons. The summed E-state index contributed by atoms with van der Waals surface area (Å²) in [6.45, 7) is 2.14. The molecule has 12 heteroatoms. The standard InChI is InChI=1S/C26H27ClN6O5/c1-14(34)29-20-11-9-18-22(30-20)23(24(38-18)26(37)31-19-10-6-16(27)13-28-19)32-25(36)15-4-7-17(8-5-15)33-12-2-3-21(33)35/h6,9-11,13,15,17H,2-5,7-8,12H2,1H3,(H,32,36)(H,28,31,37)(H,29,30,34)/t15-,17-. The zero-order valence-electron chi connectivity index (χ0n) is 20.8. The molecule has 0 spiro atoms. The van der Waals surface area contributed by atoms with Crippen LogP contribution in [0, 0.1) is 5.92 Å². The maximum absolute atomic E-state index is 13.3.